The van der Waals surface area contributed by atoms with Crippen LogP contribution in [0.3, 0.4) is 0 Å². The van der Waals surface area contributed by atoms with E-state index < -0.39 is 17.6 Å². The van der Waals surface area contributed by atoms with Crippen LogP contribution >= 0.6 is 0 Å². The van der Waals surface area contributed by atoms with Gasteiger partial charge in [0.15, 0.2) is 29.1 Å². The van der Waals surface area contributed by atoms with E-state index in [2.05, 4.69) is 0 Å². The first-order chi connectivity index (χ1) is 10.9. The second-order valence-electron chi connectivity index (χ2n) is 5.00. The summed E-state index contributed by atoms with van der Waals surface area (Å²) in [7, 11) is 1.38. The molecule has 0 spiro atoms. The molecule has 0 fully saturated rings. The van der Waals surface area contributed by atoms with Crippen molar-refractivity contribution in [3.05, 3.63) is 41.2 Å². The van der Waals surface area contributed by atoms with E-state index in [0.717, 1.165) is 6.07 Å². The van der Waals surface area contributed by atoms with Crippen LogP contribution in [-0.4, -0.2) is 32.6 Å². The molecule has 1 heterocycles. The van der Waals surface area contributed by atoms with Gasteiger partial charge in [-0.3, -0.25) is 0 Å². The third-order valence-corrected chi connectivity index (χ3v) is 3.55. The zero-order chi connectivity index (χ0) is 16.7. The van der Waals surface area contributed by atoms with Crippen LogP contribution in [0.15, 0.2) is 30.0 Å². The molecule has 7 heteroatoms. The van der Waals surface area contributed by atoms with Gasteiger partial charge < -0.3 is 35.0 Å². The molecule has 120 valence electrons. The van der Waals surface area contributed by atoms with Gasteiger partial charge in [0.25, 0.3) is 0 Å². The van der Waals surface area contributed by atoms with Crippen LogP contribution in [0.5, 0.6) is 34.5 Å². The summed E-state index contributed by atoms with van der Waals surface area (Å²) >= 11 is 0. The van der Waals surface area contributed by atoms with Gasteiger partial charge in [-0.15, -0.1) is 0 Å². The lowest BCUT2D eigenvalue weighted by molar-refractivity contribution is 0.167. The number of fused-ring (bicyclic) bond motifs is 1. The molecule has 23 heavy (non-hydrogen) atoms. The number of phenols is 4. The Bertz CT molecular complexity index is 811. The van der Waals surface area contributed by atoms with E-state index >= 15 is 0 Å². The summed E-state index contributed by atoms with van der Waals surface area (Å²) in [6, 6.07) is 5.30. The molecule has 7 nitrogen and oxygen atoms in total. The second-order valence-corrected chi connectivity index (χ2v) is 5.00. The zero-order valence-corrected chi connectivity index (χ0v) is 12.0. The van der Waals surface area contributed by atoms with Crippen molar-refractivity contribution in [1.29, 1.82) is 0 Å². The highest BCUT2D eigenvalue weighted by Crippen LogP contribution is 2.49. The van der Waals surface area contributed by atoms with Crippen LogP contribution in [-0.2, 0) is 0 Å². The van der Waals surface area contributed by atoms with Gasteiger partial charge in [0.1, 0.15) is 11.5 Å². The van der Waals surface area contributed by atoms with Crippen molar-refractivity contribution in [2.45, 2.75) is 6.10 Å². The Hall–Kier alpha value is -3.22. The number of rotatable bonds is 2. The second kappa shape index (κ2) is 5.20. The Morgan fingerprint density at radius 1 is 0.957 bits per heavy atom. The zero-order valence-electron chi connectivity index (χ0n) is 12.0. The lowest BCUT2D eigenvalue weighted by atomic mass is 10.0. The summed E-state index contributed by atoms with van der Waals surface area (Å²) < 4.78 is 10.5. The number of ether oxygens (including phenoxy) is 2. The van der Waals surface area contributed by atoms with Gasteiger partial charge in [0.05, 0.1) is 12.7 Å². The van der Waals surface area contributed by atoms with Gasteiger partial charge in [-0.05, 0) is 18.2 Å². The minimum Gasteiger partial charge on any atom is -0.508 e. The van der Waals surface area contributed by atoms with Crippen LogP contribution in [0.4, 0.5) is 0 Å². The van der Waals surface area contributed by atoms with Gasteiger partial charge in [-0.25, -0.2) is 0 Å². The summed E-state index contributed by atoms with van der Waals surface area (Å²) in [6.45, 7) is 0. The van der Waals surface area contributed by atoms with Crippen molar-refractivity contribution in [1.82, 2.24) is 0 Å². The van der Waals surface area contributed by atoms with Crippen molar-refractivity contribution in [3.8, 4) is 34.5 Å². The standard InChI is InChI=1S/C16H14O7/c1-22-13-4-7(2-3-9(13)17)15-12(20)5-8-10(18)6-11(19)14(21)16(8)23-15/h2-6,15,17-21H,1H3. The molecule has 5 N–H and O–H groups in total. The Morgan fingerprint density at radius 2 is 1.70 bits per heavy atom. The maximum absolute atomic E-state index is 10.2. The number of benzene rings is 2. The molecule has 0 radical (unpaired) electrons. The predicted octanol–water partition coefficient (Wildman–Crippen LogP) is 2.55. The molecule has 2 aromatic rings. The first kappa shape index (κ1) is 14.7. The number of aliphatic hydroxyl groups is 1. The Kier molecular flexibility index (Phi) is 3.33. The number of phenolic OH excluding ortho intramolecular Hbond substituents is 4. The number of hydrogen-bond acceptors (Lipinski definition) is 7. The molecule has 0 amide bonds. The molecule has 0 aromatic heterocycles. The van der Waals surface area contributed by atoms with Crippen LogP contribution in [0.2, 0.25) is 0 Å². The Morgan fingerprint density at radius 3 is 2.39 bits per heavy atom. The molecule has 1 aliphatic heterocycles. The molecule has 2 aromatic carbocycles. The van der Waals surface area contributed by atoms with Crippen molar-refractivity contribution in [3.63, 3.8) is 0 Å². The average molecular weight is 318 g/mol. The predicted molar refractivity (Wildman–Crippen MR) is 80.1 cm³/mol. The van der Waals surface area contributed by atoms with Crippen LogP contribution in [0.1, 0.15) is 17.2 Å². The fraction of sp³-hybridized carbons (Fsp3) is 0.125. The maximum atomic E-state index is 10.2. The number of aromatic hydroxyl groups is 4. The van der Waals surface area contributed by atoms with E-state index in [4.69, 9.17) is 9.47 Å². The van der Waals surface area contributed by atoms with Crippen LogP contribution < -0.4 is 9.47 Å². The lowest BCUT2D eigenvalue weighted by Gasteiger charge is -2.26. The summed E-state index contributed by atoms with van der Waals surface area (Å²) in [5.74, 6) is -1.69. The molecule has 1 aliphatic rings. The van der Waals surface area contributed by atoms with E-state index in [1.54, 1.807) is 0 Å². The summed E-state index contributed by atoms with van der Waals surface area (Å²) in [5, 5.41) is 49.1. The molecule has 0 aliphatic carbocycles. The molecule has 1 atom stereocenters. The SMILES string of the molecule is COc1cc(C2Oc3c(O)c(O)cc(O)c3C=C2O)ccc1O. The monoisotopic (exact) mass is 318 g/mol. The summed E-state index contributed by atoms with van der Waals surface area (Å²) in [6.07, 6.45) is 0.237. The van der Waals surface area contributed by atoms with E-state index in [0.29, 0.717) is 5.56 Å². The lowest BCUT2D eigenvalue weighted by Crippen LogP contribution is -2.15. The third-order valence-electron chi connectivity index (χ3n) is 3.55. The van der Waals surface area contributed by atoms with Crippen LogP contribution in [0, 0.1) is 0 Å². The topological polar surface area (TPSA) is 120 Å². The van der Waals surface area contributed by atoms with E-state index in [1.165, 1.54) is 31.4 Å². The van der Waals surface area contributed by atoms with Crippen molar-refractivity contribution in [2.24, 2.45) is 0 Å². The normalized spacial score (nSPS) is 16.2. The Balaban J connectivity index is 2.09. The first-order valence-electron chi connectivity index (χ1n) is 6.64. The molecular weight excluding hydrogens is 304 g/mol. The van der Waals surface area contributed by atoms with E-state index in [9.17, 15) is 25.5 Å². The van der Waals surface area contributed by atoms with Gasteiger partial charge in [0, 0.05) is 11.6 Å². The highest BCUT2D eigenvalue weighted by Gasteiger charge is 2.30. The Labute approximate surface area is 130 Å². The fourth-order valence-electron chi connectivity index (χ4n) is 2.39. The van der Waals surface area contributed by atoms with Gasteiger partial charge >= 0.3 is 0 Å². The molecule has 0 saturated heterocycles. The fourth-order valence-corrected chi connectivity index (χ4v) is 2.39. The molecule has 0 saturated carbocycles. The molecule has 3 rings (SSSR count). The number of hydrogen-bond donors (Lipinski definition) is 5. The molecule has 1 unspecified atom stereocenters. The van der Waals surface area contributed by atoms with Crippen LogP contribution in [0.25, 0.3) is 6.08 Å². The van der Waals surface area contributed by atoms with Crippen molar-refractivity contribution >= 4 is 6.08 Å². The average Bonchev–Trinajstić information content (AvgIpc) is 2.53. The number of methoxy groups -OCH3 is 1. The highest BCUT2D eigenvalue weighted by atomic mass is 16.5. The first-order valence-corrected chi connectivity index (χ1v) is 6.64. The third kappa shape index (κ3) is 2.32. The number of aliphatic hydroxyl groups excluding tert-OH is 1. The highest BCUT2D eigenvalue weighted by molar-refractivity contribution is 5.74. The summed E-state index contributed by atoms with van der Waals surface area (Å²) in [5.41, 5.74) is 0.501. The smallest absolute Gasteiger partial charge is 0.201 e. The molecular formula is C16H14O7. The van der Waals surface area contributed by atoms with Crippen molar-refractivity contribution in [2.75, 3.05) is 7.11 Å². The van der Waals surface area contributed by atoms with E-state index in [-0.39, 0.29) is 34.3 Å². The summed E-state index contributed by atoms with van der Waals surface area (Å²) in [4.78, 5) is 0. The minimum atomic E-state index is -0.996. The maximum Gasteiger partial charge on any atom is 0.201 e. The van der Waals surface area contributed by atoms with Gasteiger partial charge in [-0.1, -0.05) is 6.07 Å². The van der Waals surface area contributed by atoms with E-state index in [1.807, 2.05) is 0 Å². The van der Waals surface area contributed by atoms with Gasteiger partial charge in [-0.2, -0.15) is 0 Å². The minimum absolute atomic E-state index is 0.0554. The van der Waals surface area contributed by atoms with Gasteiger partial charge in [0.2, 0.25) is 5.75 Å². The largest absolute Gasteiger partial charge is 0.508 e. The quantitative estimate of drug-likeness (QED) is 0.426. The van der Waals surface area contributed by atoms with Crippen molar-refractivity contribution < 1.29 is 35.0 Å². The molecule has 0 bridgehead atoms.